The third kappa shape index (κ3) is 5.57. The number of carbonyl (C=O) groups is 2. The van der Waals surface area contributed by atoms with Crippen LogP contribution in [-0.2, 0) is 16.1 Å². The molecule has 2 aromatic carbocycles. The number of aromatic nitrogens is 1. The normalized spacial score (nSPS) is 11.6. The van der Waals surface area contributed by atoms with E-state index in [1.165, 1.54) is 30.5 Å². The molecule has 0 saturated carbocycles. The molecular formula is C22H17N3O7S. The first-order valence-electron chi connectivity index (χ1n) is 9.67. The predicted octanol–water partition coefficient (Wildman–Crippen LogP) is 3.81. The van der Waals surface area contributed by atoms with Crippen molar-refractivity contribution < 1.29 is 28.7 Å². The topological polar surface area (TPSA) is 130 Å². The van der Waals surface area contributed by atoms with E-state index in [9.17, 15) is 19.7 Å². The third-order valence-electron chi connectivity index (χ3n) is 4.50. The molecule has 1 amide bonds. The largest absolute Gasteiger partial charge is 0.457 e. The minimum absolute atomic E-state index is 0.0219. The van der Waals surface area contributed by atoms with Crippen LogP contribution in [0.3, 0.4) is 0 Å². The van der Waals surface area contributed by atoms with Crippen molar-refractivity contribution in [3.63, 3.8) is 0 Å². The summed E-state index contributed by atoms with van der Waals surface area (Å²) in [6.45, 7) is 0.0890. The highest BCUT2D eigenvalue weighted by atomic mass is 32.2. The Labute approximate surface area is 192 Å². The van der Waals surface area contributed by atoms with Crippen molar-refractivity contribution in [3.8, 4) is 11.5 Å². The summed E-state index contributed by atoms with van der Waals surface area (Å²) in [6.07, 6.45) is 1.52. The lowest BCUT2D eigenvalue weighted by atomic mass is 10.2. The fourth-order valence-electron chi connectivity index (χ4n) is 2.91. The van der Waals surface area contributed by atoms with Crippen LogP contribution in [0.1, 0.15) is 15.9 Å². The van der Waals surface area contributed by atoms with Crippen molar-refractivity contribution in [1.29, 1.82) is 0 Å². The molecule has 3 aromatic rings. The van der Waals surface area contributed by atoms with Crippen molar-refractivity contribution >= 4 is 35.0 Å². The van der Waals surface area contributed by atoms with E-state index < -0.39 is 10.9 Å². The number of non-ortho nitro benzene ring substituents is 1. The number of rotatable bonds is 8. The number of thioether (sulfide) groups is 1. The van der Waals surface area contributed by atoms with E-state index in [-0.39, 0.29) is 36.3 Å². The van der Waals surface area contributed by atoms with Gasteiger partial charge < -0.3 is 19.5 Å². The fourth-order valence-corrected chi connectivity index (χ4v) is 3.69. The van der Waals surface area contributed by atoms with Gasteiger partial charge in [-0.15, -0.1) is 0 Å². The maximum absolute atomic E-state index is 12.5. The van der Waals surface area contributed by atoms with Crippen LogP contribution < -0.4 is 14.8 Å². The van der Waals surface area contributed by atoms with Gasteiger partial charge in [0, 0.05) is 30.1 Å². The van der Waals surface area contributed by atoms with Gasteiger partial charge in [0.25, 0.3) is 5.69 Å². The van der Waals surface area contributed by atoms with Crippen molar-refractivity contribution in [2.24, 2.45) is 0 Å². The van der Waals surface area contributed by atoms with Crippen LogP contribution in [0.15, 0.2) is 65.8 Å². The third-order valence-corrected chi connectivity index (χ3v) is 5.51. The molecule has 1 N–H and O–H groups in total. The van der Waals surface area contributed by atoms with Crippen LogP contribution in [-0.4, -0.2) is 34.3 Å². The van der Waals surface area contributed by atoms with Gasteiger partial charge in [0.05, 0.1) is 16.2 Å². The van der Waals surface area contributed by atoms with Gasteiger partial charge in [0.15, 0.2) is 11.5 Å². The zero-order valence-corrected chi connectivity index (χ0v) is 17.9. The van der Waals surface area contributed by atoms with E-state index in [0.717, 1.165) is 11.8 Å². The molecule has 4 rings (SSSR count). The van der Waals surface area contributed by atoms with E-state index in [0.29, 0.717) is 27.8 Å². The number of anilines is 1. The molecule has 0 aliphatic carbocycles. The van der Waals surface area contributed by atoms with Crippen molar-refractivity contribution in [3.05, 3.63) is 82.0 Å². The van der Waals surface area contributed by atoms with Crippen LogP contribution in [0.4, 0.5) is 11.4 Å². The van der Waals surface area contributed by atoms with Crippen molar-refractivity contribution in [2.75, 3.05) is 17.9 Å². The summed E-state index contributed by atoms with van der Waals surface area (Å²) in [5.74, 6) is 0.305. The van der Waals surface area contributed by atoms with Crippen molar-refractivity contribution in [1.82, 2.24) is 4.98 Å². The second-order valence-corrected chi connectivity index (χ2v) is 7.72. The molecule has 33 heavy (non-hydrogen) atoms. The van der Waals surface area contributed by atoms with Crippen molar-refractivity contribution in [2.45, 2.75) is 11.6 Å². The second kappa shape index (κ2) is 10.0. The lowest BCUT2D eigenvalue weighted by Crippen LogP contribution is -2.15. The Kier molecular flexibility index (Phi) is 6.69. The molecule has 0 fully saturated rings. The monoisotopic (exact) mass is 467 g/mol. The summed E-state index contributed by atoms with van der Waals surface area (Å²) in [6, 6.07) is 14.0. The molecule has 0 radical (unpaired) electrons. The fraction of sp³-hybridized carbons (Fsp3) is 0.136. The minimum atomic E-state index is -0.611. The number of nitrogens with zero attached hydrogens (tertiary/aromatic N) is 2. The molecule has 0 spiro atoms. The molecular weight excluding hydrogens is 450 g/mol. The number of pyridine rings is 1. The Hall–Kier alpha value is -4.12. The van der Waals surface area contributed by atoms with Gasteiger partial charge in [0.1, 0.15) is 11.6 Å². The first kappa shape index (κ1) is 22.1. The molecule has 0 bridgehead atoms. The molecule has 0 atom stereocenters. The summed E-state index contributed by atoms with van der Waals surface area (Å²) < 4.78 is 15.8. The highest BCUT2D eigenvalue weighted by Crippen LogP contribution is 2.34. The number of amides is 1. The Morgan fingerprint density at radius 1 is 1.12 bits per heavy atom. The molecule has 11 heteroatoms. The van der Waals surface area contributed by atoms with E-state index in [1.54, 1.807) is 30.3 Å². The Bertz CT molecular complexity index is 1200. The number of nitrogens with one attached hydrogen (secondary N) is 1. The van der Waals surface area contributed by atoms with Gasteiger partial charge >= 0.3 is 5.97 Å². The smallest absolute Gasteiger partial charge is 0.341 e. The zero-order chi connectivity index (χ0) is 23.2. The van der Waals surface area contributed by atoms with Gasteiger partial charge in [-0.25, -0.2) is 9.78 Å². The van der Waals surface area contributed by atoms with E-state index in [2.05, 4.69) is 10.3 Å². The first-order chi connectivity index (χ1) is 16.0. The number of ether oxygens (including phenoxy) is 3. The quantitative estimate of drug-likeness (QED) is 0.227. The number of hydrogen-bond acceptors (Lipinski definition) is 9. The summed E-state index contributed by atoms with van der Waals surface area (Å²) in [5.41, 5.74) is 1.35. The highest BCUT2D eigenvalue weighted by Gasteiger charge is 2.17. The molecule has 1 aliphatic rings. The summed E-state index contributed by atoms with van der Waals surface area (Å²) >= 11 is 1.10. The average molecular weight is 467 g/mol. The molecule has 1 aromatic heterocycles. The molecule has 1 aliphatic heterocycles. The average Bonchev–Trinajstić information content (AvgIpc) is 3.29. The van der Waals surface area contributed by atoms with Gasteiger partial charge in [0.2, 0.25) is 12.7 Å². The number of benzene rings is 2. The van der Waals surface area contributed by atoms with Crippen LogP contribution in [0, 0.1) is 10.1 Å². The van der Waals surface area contributed by atoms with E-state index in [4.69, 9.17) is 14.2 Å². The maximum atomic E-state index is 12.5. The summed E-state index contributed by atoms with van der Waals surface area (Å²) in [7, 11) is 0. The number of nitro groups is 1. The number of esters is 1. The van der Waals surface area contributed by atoms with Crippen LogP contribution in [0.25, 0.3) is 0 Å². The number of hydrogen-bond donors (Lipinski definition) is 1. The molecule has 0 unspecified atom stereocenters. The Morgan fingerprint density at radius 2 is 1.91 bits per heavy atom. The molecule has 2 heterocycles. The van der Waals surface area contributed by atoms with Crippen LogP contribution in [0.2, 0.25) is 0 Å². The van der Waals surface area contributed by atoms with Gasteiger partial charge in [-0.05, 0) is 42.0 Å². The van der Waals surface area contributed by atoms with Crippen LogP contribution in [0.5, 0.6) is 11.5 Å². The van der Waals surface area contributed by atoms with E-state index in [1.807, 2.05) is 0 Å². The van der Waals surface area contributed by atoms with Gasteiger partial charge in [-0.3, -0.25) is 14.9 Å². The first-order valence-corrected chi connectivity index (χ1v) is 10.7. The second-order valence-electron chi connectivity index (χ2n) is 6.76. The summed E-state index contributed by atoms with van der Waals surface area (Å²) in [4.78, 5) is 39.3. The maximum Gasteiger partial charge on any atom is 0.341 e. The molecule has 10 nitrogen and oxygen atoms in total. The molecule has 168 valence electrons. The SMILES string of the molecule is O=C(CSc1ncccc1C(=O)OCc1ccc([N+](=O)[O-])cc1)Nc1ccc2c(c1)OCO2. The Balaban J connectivity index is 1.33. The van der Waals surface area contributed by atoms with Gasteiger partial charge in [-0.1, -0.05) is 11.8 Å². The summed E-state index contributed by atoms with van der Waals surface area (Å²) in [5, 5.41) is 13.8. The number of carbonyl (C=O) groups excluding carboxylic acids is 2. The van der Waals surface area contributed by atoms with E-state index >= 15 is 0 Å². The lowest BCUT2D eigenvalue weighted by Gasteiger charge is -2.09. The Morgan fingerprint density at radius 3 is 2.70 bits per heavy atom. The number of nitro benzene ring substituents is 1. The lowest BCUT2D eigenvalue weighted by molar-refractivity contribution is -0.384. The standard InChI is InChI=1S/C22H17N3O7S/c26-20(24-15-5-8-18-19(10-15)32-13-31-18)12-33-21-17(2-1-9-23-21)22(27)30-11-14-3-6-16(7-4-14)25(28)29/h1-10H,11-13H2,(H,24,26). The predicted molar refractivity (Wildman–Crippen MR) is 118 cm³/mol. The highest BCUT2D eigenvalue weighted by molar-refractivity contribution is 8.00. The minimum Gasteiger partial charge on any atom is -0.457 e. The van der Waals surface area contributed by atoms with Gasteiger partial charge in [-0.2, -0.15) is 0 Å². The molecule has 0 saturated heterocycles. The van der Waals surface area contributed by atoms with Crippen LogP contribution >= 0.6 is 11.8 Å². The number of fused-ring (bicyclic) bond motifs is 1. The zero-order valence-electron chi connectivity index (χ0n) is 17.1.